The Kier molecular flexibility index (Phi) is 15.4. The number of aromatic nitrogens is 1. The van der Waals surface area contributed by atoms with E-state index in [0.29, 0.717) is 5.92 Å². The number of nitrogens with two attached hydrogens (primary N) is 1. The van der Waals surface area contributed by atoms with Gasteiger partial charge in [0.2, 0.25) is 0 Å². The monoisotopic (exact) mass is 961 g/mol. The van der Waals surface area contributed by atoms with Crippen LogP contribution in [0.1, 0.15) is 186 Å². The largest absolute Gasteiger partial charge is 0.384 e. The van der Waals surface area contributed by atoms with Gasteiger partial charge in [-0.3, -0.25) is 14.6 Å². The number of unbranched alkanes of at least 4 members (excludes halogenated alkanes) is 3. The maximum absolute atomic E-state index is 7.13. The van der Waals surface area contributed by atoms with Crippen LogP contribution in [0, 0.1) is 17.8 Å². The first kappa shape index (κ1) is 49.9. The fourth-order valence-corrected chi connectivity index (χ4v) is 13.4. The van der Waals surface area contributed by atoms with Crippen LogP contribution in [0.4, 0.5) is 17.2 Å². The van der Waals surface area contributed by atoms with Crippen LogP contribution in [0.5, 0.6) is 0 Å². The molecule has 0 fully saturated rings. The Labute approximate surface area is 433 Å². The molecule has 7 atom stereocenters. The van der Waals surface area contributed by atoms with E-state index in [1.807, 2.05) is 6.21 Å². The highest BCUT2D eigenvalue weighted by atomic mass is 15.3. The summed E-state index contributed by atoms with van der Waals surface area (Å²) in [6, 6.07) is 23.8. The van der Waals surface area contributed by atoms with Crippen molar-refractivity contribution in [2.24, 2.45) is 27.7 Å². The van der Waals surface area contributed by atoms with Crippen LogP contribution in [-0.2, 0) is 6.42 Å². The third-order valence-electron chi connectivity index (χ3n) is 17.6. The van der Waals surface area contributed by atoms with E-state index in [1.165, 1.54) is 145 Å². The second-order valence-corrected chi connectivity index (χ2v) is 22.2. The first-order chi connectivity index (χ1) is 35.3. The van der Waals surface area contributed by atoms with Gasteiger partial charge in [-0.2, -0.15) is 0 Å². The molecular weight excluding hydrogens is 877 g/mol. The van der Waals surface area contributed by atoms with Crippen LogP contribution in [0.15, 0.2) is 130 Å². The highest BCUT2D eigenvalue weighted by molar-refractivity contribution is 6.03. The third kappa shape index (κ3) is 9.57. The van der Waals surface area contributed by atoms with Crippen molar-refractivity contribution in [2.45, 2.75) is 188 Å². The van der Waals surface area contributed by atoms with Crippen molar-refractivity contribution in [1.82, 2.24) is 4.57 Å². The number of nitrogen functional groups attached to an aromatic ring is 1. The highest BCUT2D eigenvalue weighted by Gasteiger charge is 2.45. The van der Waals surface area contributed by atoms with E-state index >= 15 is 0 Å². The van der Waals surface area contributed by atoms with Crippen molar-refractivity contribution < 1.29 is 0 Å². The van der Waals surface area contributed by atoms with Crippen LogP contribution in [0.2, 0.25) is 0 Å². The Morgan fingerprint density at radius 2 is 1.44 bits per heavy atom. The lowest BCUT2D eigenvalue weighted by atomic mass is 9.85. The zero-order chi connectivity index (χ0) is 49.9. The number of hydrogen-bond donors (Lipinski definition) is 1. The number of anilines is 3. The fraction of sp³-hybridized carbons (Fsp3) is 0.485. The lowest BCUT2D eigenvalue weighted by Crippen LogP contribution is -2.40. The van der Waals surface area contributed by atoms with E-state index in [4.69, 9.17) is 15.7 Å². The van der Waals surface area contributed by atoms with Gasteiger partial charge >= 0.3 is 0 Å². The summed E-state index contributed by atoms with van der Waals surface area (Å²) in [4.78, 5) is 16.1. The molecule has 10 rings (SSSR count). The van der Waals surface area contributed by atoms with Crippen LogP contribution in [0.3, 0.4) is 0 Å². The standard InChI is InChI=1S/C66H84N6/c1-8-15-20-44(12-5)37-47-25-29-51(30-26-47)70-61-33-28-49(41-57(61)54(19-11-4)64(70)67)53-23-18-24-60(53)72-63-34-31-52(43-58(63)55-35-36-68-65(55)72)71-62-32-27-48(38-45(13-6)21-16-9-2)40-56(62)59-42-50(69-66(59)71)39-46(14-7)22-17-10-3/h11,18-19,24-26,28-31,33-36,40-46,53,60,65-66H,8-10,12-17,20-23,27,32,37-39,67H2,1-7H3/b19-11-. The summed E-state index contributed by atoms with van der Waals surface area (Å²) >= 11 is 0. The van der Waals surface area contributed by atoms with Crippen molar-refractivity contribution in [3.63, 3.8) is 0 Å². The van der Waals surface area contributed by atoms with Crippen LogP contribution >= 0.6 is 0 Å². The predicted octanol–water partition coefficient (Wildman–Crippen LogP) is 17.4. The average molecular weight is 961 g/mol. The number of allylic oxidation sites excluding steroid dienone is 7. The topological polar surface area (TPSA) is 62.1 Å². The summed E-state index contributed by atoms with van der Waals surface area (Å²) < 4.78 is 2.26. The molecule has 0 radical (unpaired) electrons. The van der Waals surface area contributed by atoms with Gasteiger partial charge in [-0.1, -0.05) is 173 Å². The zero-order valence-electron chi connectivity index (χ0n) is 45.0. The Bertz CT molecular complexity index is 2860. The molecule has 6 heteroatoms. The molecular formula is C66H84N6. The van der Waals surface area contributed by atoms with Gasteiger partial charge in [0.1, 0.15) is 12.0 Å². The second-order valence-electron chi connectivity index (χ2n) is 22.2. The predicted molar refractivity (Wildman–Crippen MR) is 311 cm³/mol. The molecule has 6 aliphatic rings. The van der Waals surface area contributed by atoms with Crippen molar-refractivity contribution in [3.8, 4) is 5.69 Å². The molecule has 2 aliphatic carbocycles. The fourth-order valence-electron chi connectivity index (χ4n) is 13.4. The molecule has 0 amide bonds. The summed E-state index contributed by atoms with van der Waals surface area (Å²) in [5, 5.41) is 1.21. The number of fused-ring (bicyclic) bond motifs is 6. The zero-order valence-corrected chi connectivity index (χ0v) is 45.0. The first-order valence-electron chi connectivity index (χ1n) is 28.8. The summed E-state index contributed by atoms with van der Waals surface area (Å²) in [5.74, 6) is 3.26. The van der Waals surface area contributed by atoms with E-state index < -0.39 is 0 Å². The Morgan fingerprint density at radius 1 is 0.736 bits per heavy atom. The van der Waals surface area contributed by atoms with E-state index in [1.54, 1.807) is 5.57 Å². The molecule has 0 saturated carbocycles. The Hall–Kier alpha value is -5.62. The molecule has 4 aromatic rings. The Morgan fingerprint density at radius 3 is 2.15 bits per heavy atom. The van der Waals surface area contributed by atoms with Gasteiger partial charge in [0, 0.05) is 73.8 Å². The number of nitrogens with zero attached hydrogens (tertiary/aromatic N) is 5. The minimum atomic E-state index is -0.0415. The third-order valence-corrected chi connectivity index (χ3v) is 17.6. The molecule has 378 valence electrons. The van der Waals surface area contributed by atoms with Crippen molar-refractivity contribution in [3.05, 3.63) is 142 Å². The first-order valence-corrected chi connectivity index (χ1v) is 28.8. The van der Waals surface area contributed by atoms with Crippen molar-refractivity contribution in [1.29, 1.82) is 0 Å². The Balaban J connectivity index is 0.959. The molecule has 2 N–H and O–H groups in total. The second kappa shape index (κ2) is 22.2. The molecule has 5 heterocycles. The van der Waals surface area contributed by atoms with Gasteiger partial charge in [0.05, 0.1) is 11.6 Å². The van der Waals surface area contributed by atoms with Crippen molar-refractivity contribution >= 4 is 51.7 Å². The van der Waals surface area contributed by atoms with Gasteiger partial charge in [0.15, 0.2) is 6.17 Å². The van der Waals surface area contributed by atoms with Gasteiger partial charge in [-0.05, 0) is 129 Å². The quantitative estimate of drug-likeness (QED) is 0.0754. The molecule has 6 nitrogen and oxygen atoms in total. The summed E-state index contributed by atoms with van der Waals surface area (Å²) in [7, 11) is 0. The smallest absolute Gasteiger partial charge is 0.152 e. The van der Waals surface area contributed by atoms with Gasteiger partial charge in [-0.25, -0.2) is 0 Å². The summed E-state index contributed by atoms with van der Waals surface area (Å²) in [6.45, 7) is 16.1. The van der Waals surface area contributed by atoms with E-state index in [-0.39, 0.29) is 24.3 Å². The average Bonchev–Trinajstić information content (AvgIpc) is 4.28. The molecule has 0 bridgehead atoms. The summed E-state index contributed by atoms with van der Waals surface area (Å²) in [6.07, 6.45) is 40.6. The van der Waals surface area contributed by atoms with E-state index in [9.17, 15) is 0 Å². The van der Waals surface area contributed by atoms with Gasteiger partial charge in [-0.15, -0.1) is 0 Å². The number of benzene rings is 3. The van der Waals surface area contributed by atoms with Crippen LogP contribution < -0.4 is 15.5 Å². The maximum atomic E-state index is 7.13. The minimum absolute atomic E-state index is 0.00755. The summed E-state index contributed by atoms with van der Waals surface area (Å²) in [5.41, 5.74) is 25.7. The highest BCUT2D eigenvalue weighted by Crippen LogP contribution is 2.52. The van der Waals surface area contributed by atoms with Crippen LogP contribution in [0.25, 0.3) is 28.2 Å². The molecule has 0 saturated heterocycles. The number of hydrogen-bond acceptors (Lipinski definition) is 5. The molecule has 1 aromatic heterocycles. The van der Waals surface area contributed by atoms with Gasteiger partial charge < -0.3 is 15.5 Å². The SMILES string of the molecule is C/C=C\c1c(N)n(-c2ccc(CC(CC)CCCC)cc2)c2ccc(C3CC=CC3N3c4ccc(N5C6=C(C=C(CC(CC)CCCC)CC6)C6=CC(CC(CC)CCCC)=NC65)cc4C4=CC=NC43)cc12. The lowest BCUT2D eigenvalue weighted by molar-refractivity contribution is 0.442. The van der Waals surface area contributed by atoms with E-state index in [0.717, 1.165) is 66.5 Å². The van der Waals surface area contributed by atoms with Crippen LogP contribution in [-0.4, -0.2) is 34.9 Å². The lowest BCUT2D eigenvalue weighted by Gasteiger charge is -2.35. The molecule has 7 unspecified atom stereocenters. The maximum Gasteiger partial charge on any atom is 0.152 e. The normalized spacial score (nSPS) is 22.2. The molecule has 0 spiro atoms. The van der Waals surface area contributed by atoms with Crippen molar-refractivity contribution in [2.75, 3.05) is 15.5 Å². The van der Waals surface area contributed by atoms with E-state index in [2.05, 4.69) is 166 Å². The van der Waals surface area contributed by atoms with Gasteiger partial charge in [0.25, 0.3) is 0 Å². The number of rotatable bonds is 23. The molecule has 4 aliphatic heterocycles. The number of aliphatic imine (C=N–C) groups is 2. The molecule has 72 heavy (non-hydrogen) atoms. The molecule has 3 aromatic carbocycles. The minimum Gasteiger partial charge on any atom is -0.384 e.